The fourth-order valence-corrected chi connectivity index (χ4v) is 3.49. The van der Waals surface area contributed by atoms with E-state index in [1.807, 2.05) is 50.2 Å². The van der Waals surface area contributed by atoms with Crippen molar-refractivity contribution in [2.24, 2.45) is 0 Å². The topological polar surface area (TPSA) is 78.5 Å². The van der Waals surface area contributed by atoms with Crippen molar-refractivity contribution in [3.8, 4) is 0 Å². The van der Waals surface area contributed by atoms with Crippen molar-refractivity contribution in [1.82, 2.24) is 10.2 Å². The third-order valence-corrected chi connectivity index (χ3v) is 5.44. The molecule has 0 bridgehead atoms. The molecule has 1 aliphatic rings. The molecule has 0 aliphatic carbocycles. The highest BCUT2D eigenvalue weighted by Gasteiger charge is 2.49. The summed E-state index contributed by atoms with van der Waals surface area (Å²) in [5, 5.41) is 5.49. The van der Waals surface area contributed by atoms with Crippen LogP contribution in [0.5, 0.6) is 0 Å². The van der Waals surface area contributed by atoms with Crippen LogP contribution in [-0.2, 0) is 21.5 Å². The van der Waals surface area contributed by atoms with Crippen molar-refractivity contribution < 1.29 is 14.4 Å². The molecule has 0 aromatic heterocycles. The van der Waals surface area contributed by atoms with Crippen LogP contribution in [0.4, 0.5) is 10.5 Å². The van der Waals surface area contributed by atoms with Crippen molar-refractivity contribution in [2.45, 2.75) is 46.1 Å². The second kappa shape index (κ2) is 8.07. The molecule has 1 fully saturated rings. The summed E-state index contributed by atoms with van der Waals surface area (Å²) in [5.41, 5.74) is 3.52. The van der Waals surface area contributed by atoms with Gasteiger partial charge in [0.25, 0.3) is 5.91 Å². The molecule has 0 spiro atoms. The van der Waals surface area contributed by atoms with Gasteiger partial charge in [-0.1, -0.05) is 43.7 Å². The summed E-state index contributed by atoms with van der Waals surface area (Å²) < 4.78 is 0. The van der Waals surface area contributed by atoms with Gasteiger partial charge in [-0.3, -0.25) is 14.5 Å². The summed E-state index contributed by atoms with van der Waals surface area (Å²) in [6, 6.07) is 12.7. The van der Waals surface area contributed by atoms with Crippen LogP contribution in [0.1, 0.15) is 42.5 Å². The zero-order valence-electron chi connectivity index (χ0n) is 17.3. The zero-order valence-corrected chi connectivity index (χ0v) is 17.3. The number of anilines is 1. The lowest BCUT2D eigenvalue weighted by atomic mass is 9.91. The number of amides is 4. The number of benzene rings is 2. The lowest BCUT2D eigenvalue weighted by Crippen LogP contribution is -2.42. The Morgan fingerprint density at radius 3 is 2.38 bits per heavy atom. The molecule has 1 aliphatic heterocycles. The largest absolute Gasteiger partial charge is 0.325 e. The standard InChI is InChI=1S/C23H27N3O3/c1-5-6-17-8-10-18(11-9-17)23(4)21(28)26(22(29)25-23)14-20(27)24-19-12-7-15(2)16(3)13-19/h7-13H,5-6,14H2,1-4H3,(H,24,27)(H,25,29)/t23-/m0/s1. The Labute approximate surface area is 171 Å². The lowest BCUT2D eigenvalue weighted by molar-refractivity contribution is -0.133. The number of hydrogen-bond donors (Lipinski definition) is 2. The first-order valence-corrected chi connectivity index (χ1v) is 9.85. The molecule has 0 unspecified atom stereocenters. The van der Waals surface area contributed by atoms with E-state index in [1.54, 1.807) is 13.0 Å². The molecule has 6 heteroatoms. The summed E-state index contributed by atoms with van der Waals surface area (Å²) in [5.74, 6) is -0.847. The van der Waals surface area contributed by atoms with Crippen LogP contribution in [0.25, 0.3) is 0 Å². The Morgan fingerprint density at radius 1 is 1.07 bits per heavy atom. The number of carbonyl (C=O) groups excluding carboxylic acids is 3. The van der Waals surface area contributed by atoms with E-state index < -0.39 is 23.4 Å². The molecule has 6 nitrogen and oxygen atoms in total. The first kappa shape index (κ1) is 20.6. The molecule has 2 aromatic carbocycles. The van der Waals surface area contributed by atoms with Crippen molar-refractivity contribution >= 4 is 23.5 Å². The van der Waals surface area contributed by atoms with Crippen LogP contribution in [0.3, 0.4) is 0 Å². The van der Waals surface area contributed by atoms with Gasteiger partial charge < -0.3 is 10.6 Å². The van der Waals surface area contributed by atoms with Crippen molar-refractivity contribution in [3.63, 3.8) is 0 Å². The quantitative estimate of drug-likeness (QED) is 0.735. The first-order valence-electron chi connectivity index (χ1n) is 9.85. The first-order chi connectivity index (χ1) is 13.7. The number of hydrogen-bond acceptors (Lipinski definition) is 3. The molecule has 3 rings (SSSR count). The number of urea groups is 1. The number of carbonyl (C=O) groups is 3. The van der Waals surface area contributed by atoms with Crippen molar-refractivity contribution in [1.29, 1.82) is 0 Å². The predicted molar refractivity (Wildman–Crippen MR) is 113 cm³/mol. The van der Waals surface area contributed by atoms with Crippen LogP contribution in [0, 0.1) is 13.8 Å². The fourth-order valence-electron chi connectivity index (χ4n) is 3.49. The molecule has 1 saturated heterocycles. The molecule has 1 heterocycles. The van der Waals surface area contributed by atoms with Gasteiger partial charge in [0.1, 0.15) is 12.1 Å². The molecule has 2 aromatic rings. The van der Waals surface area contributed by atoms with E-state index in [1.165, 1.54) is 5.56 Å². The minimum absolute atomic E-state index is 0.332. The summed E-state index contributed by atoms with van der Waals surface area (Å²) >= 11 is 0. The van der Waals surface area contributed by atoms with E-state index in [0.717, 1.165) is 28.9 Å². The van der Waals surface area contributed by atoms with Crippen LogP contribution >= 0.6 is 0 Å². The van der Waals surface area contributed by atoms with Gasteiger partial charge in [-0.2, -0.15) is 0 Å². The smallest absolute Gasteiger partial charge is 0.325 e. The van der Waals surface area contributed by atoms with Crippen LogP contribution in [0.2, 0.25) is 0 Å². The Bertz CT molecular complexity index is 952. The highest BCUT2D eigenvalue weighted by molar-refractivity contribution is 6.10. The van der Waals surface area contributed by atoms with Crippen molar-refractivity contribution in [3.05, 3.63) is 64.7 Å². The third-order valence-electron chi connectivity index (χ3n) is 5.44. The second-order valence-corrected chi connectivity index (χ2v) is 7.74. The van der Waals surface area contributed by atoms with Gasteiger partial charge >= 0.3 is 6.03 Å². The molecule has 1 atom stereocenters. The number of aryl methyl sites for hydroxylation is 3. The summed E-state index contributed by atoms with van der Waals surface area (Å²) in [6.45, 7) is 7.39. The van der Waals surface area contributed by atoms with Gasteiger partial charge in [0.05, 0.1) is 0 Å². The molecule has 2 N–H and O–H groups in total. The predicted octanol–water partition coefficient (Wildman–Crippen LogP) is 3.66. The monoisotopic (exact) mass is 393 g/mol. The van der Waals surface area contributed by atoms with Gasteiger partial charge in [0, 0.05) is 5.69 Å². The summed E-state index contributed by atoms with van der Waals surface area (Å²) in [4.78, 5) is 38.8. The van der Waals surface area contributed by atoms with Crippen molar-refractivity contribution in [2.75, 3.05) is 11.9 Å². The van der Waals surface area contributed by atoms with Gasteiger partial charge in [0.15, 0.2) is 0 Å². The van der Waals surface area contributed by atoms with E-state index in [4.69, 9.17) is 0 Å². The molecule has 0 radical (unpaired) electrons. The Hall–Kier alpha value is -3.15. The molecule has 4 amide bonds. The maximum absolute atomic E-state index is 13.0. The Balaban J connectivity index is 1.72. The number of nitrogens with one attached hydrogen (secondary N) is 2. The molecular weight excluding hydrogens is 366 g/mol. The highest BCUT2D eigenvalue weighted by atomic mass is 16.2. The average Bonchev–Trinajstić information content (AvgIpc) is 2.89. The van der Waals surface area contributed by atoms with E-state index in [-0.39, 0.29) is 6.54 Å². The van der Waals surface area contributed by atoms with Crippen LogP contribution in [-0.4, -0.2) is 29.3 Å². The second-order valence-electron chi connectivity index (χ2n) is 7.74. The van der Waals surface area contributed by atoms with Gasteiger partial charge in [-0.15, -0.1) is 0 Å². The maximum Gasteiger partial charge on any atom is 0.325 e. The molecule has 0 saturated carbocycles. The molecular formula is C23H27N3O3. The van der Waals surface area contributed by atoms with Crippen LogP contribution < -0.4 is 10.6 Å². The molecule has 29 heavy (non-hydrogen) atoms. The average molecular weight is 393 g/mol. The highest BCUT2D eigenvalue weighted by Crippen LogP contribution is 2.29. The Morgan fingerprint density at radius 2 is 1.76 bits per heavy atom. The zero-order chi connectivity index (χ0) is 21.2. The minimum Gasteiger partial charge on any atom is -0.325 e. The number of nitrogens with zero attached hydrogens (tertiary/aromatic N) is 1. The molecule has 152 valence electrons. The van der Waals surface area contributed by atoms with Gasteiger partial charge in [0.2, 0.25) is 5.91 Å². The van der Waals surface area contributed by atoms with E-state index in [9.17, 15) is 14.4 Å². The maximum atomic E-state index is 13.0. The third kappa shape index (κ3) is 4.16. The van der Waals surface area contributed by atoms with Gasteiger partial charge in [-0.05, 0) is 61.6 Å². The number of imide groups is 1. The summed E-state index contributed by atoms with van der Waals surface area (Å²) in [6.07, 6.45) is 2.00. The minimum atomic E-state index is -1.18. The normalized spacial score (nSPS) is 18.7. The summed E-state index contributed by atoms with van der Waals surface area (Å²) in [7, 11) is 0. The van der Waals surface area contributed by atoms with E-state index >= 15 is 0 Å². The van der Waals surface area contributed by atoms with E-state index in [2.05, 4.69) is 17.6 Å². The van der Waals surface area contributed by atoms with Crippen LogP contribution in [0.15, 0.2) is 42.5 Å². The van der Waals surface area contributed by atoms with E-state index in [0.29, 0.717) is 11.3 Å². The fraction of sp³-hybridized carbons (Fsp3) is 0.348. The Kier molecular flexibility index (Phi) is 5.73. The SMILES string of the molecule is CCCc1ccc([C@]2(C)NC(=O)N(CC(=O)Nc3ccc(C)c(C)c3)C2=O)cc1. The van der Waals surface area contributed by atoms with Gasteiger partial charge in [-0.25, -0.2) is 4.79 Å². The lowest BCUT2D eigenvalue weighted by Gasteiger charge is -2.22. The number of rotatable bonds is 6.